The number of ether oxygens (including phenoxy) is 3. The van der Waals surface area contributed by atoms with Gasteiger partial charge in [-0.05, 0) is 33.1 Å². The SMILES string of the molecule is COC(=O)[C@@H]1[C@H](OCC(C)C)CCN1C(=O)OC(C)(C)C. The molecule has 6 nitrogen and oxygen atoms in total. The van der Waals surface area contributed by atoms with E-state index in [1.165, 1.54) is 12.0 Å². The van der Waals surface area contributed by atoms with Crippen LogP contribution in [0.15, 0.2) is 0 Å². The normalized spacial score (nSPS) is 22.5. The molecule has 0 spiro atoms. The van der Waals surface area contributed by atoms with E-state index in [0.717, 1.165) is 0 Å². The molecule has 1 saturated heterocycles. The van der Waals surface area contributed by atoms with Gasteiger partial charge < -0.3 is 14.2 Å². The summed E-state index contributed by atoms with van der Waals surface area (Å²) < 4.78 is 15.9. The Morgan fingerprint density at radius 1 is 1.29 bits per heavy atom. The minimum atomic E-state index is -0.733. The first-order chi connectivity index (χ1) is 9.65. The van der Waals surface area contributed by atoms with Crippen LogP contribution in [0.5, 0.6) is 0 Å². The third-order valence-corrected chi connectivity index (χ3v) is 3.06. The van der Waals surface area contributed by atoms with Crippen LogP contribution >= 0.6 is 0 Å². The number of hydrogen-bond acceptors (Lipinski definition) is 5. The third kappa shape index (κ3) is 5.19. The Morgan fingerprint density at radius 3 is 2.38 bits per heavy atom. The summed E-state index contributed by atoms with van der Waals surface area (Å²) >= 11 is 0. The molecule has 1 fully saturated rings. The summed E-state index contributed by atoms with van der Waals surface area (Å²) in [5, 5.41) is 0. The first-order valence-corrected chi connectivity index (χ1v) is 7.34. The predicted molar refractivity (Wildman–Crippen MR) is 77.9 cm³/mol. The van der Waals surface area contributed by atoms with Crippen LogP contribution in [0.4, 0.5) is 4.79 Å². The summed E-state index contributed by atoms with van der Waals surface area (Å²) in [4.78, 5) is 25.6. The topological polar surface area (TPSA) is 65.1 Å². The predicted octanol–water partition coefficient (Wildman–Crippen LogP) is 2.21. The van der Waals surface area contributed by atoms with Crippen LogP contribution in [-0.2, 0) is 19.0 Å². The highest BCUT2D eigenvalue weighted by Gasteiger charge is 2.45. The van der Waals surface area contributed by atoms with Gasteiger partial charge in [-0.1, -0.05) is 13.8 Å². The van der Waals surface area contributed by atoms with E-state index in [1.807, 2.05) is 13.8 Å². The lowest BCUT2D eigenvalue weighted by molar-refractivity contribution is -0.150. The van der Waals surface area contributed by atoms with E-state index in [4.69, 9.17) is 14.2 Å². The standard InChI is InChI=1S/C15H27NO5/c1-10(2)9-20-11-7-8-16(12(11)13(17)19-6)14(18)21-15(3,4)5/h10-12H,7-9H2,1-6H3/t11-,12+/m1/s1. The summed E-state index contributed by atoms with van der Waals surface area (Å²) in [7, 11) is 1.31. The van der Waals surface area contributed by atoms with E-state index in [2.05, 4.69) is 0 Å². The van der Waals surface area contributed by atoms with Crippen LogP contribution in [0.25, 0.3) is 0 Å². The Balaban J connectivity index is 2.79. The highest BCUT2D eigenvalue weighted by molar-refractivity contribution is 5.83. The first kappa shape index (κ1) is 17.8. The smallest absolute Gasteiger partial charge is 0.411 e. The number of nitrogens with zero attached hydrogens (tertiary/aromatic N) is 1. The van der Waals surface area contributed by atoms with E-state index in [1.54, 1.807) is 20.8 Å². The van der Waals surface area contributed by atoms with Gasteiger partial charge in [-0.3, -0.25) is 4.90 Å². The maximum atomic E-state index is 12.2. The Kier molecular flexibility index (Phi) is 6.01. The van der Waals surface area contributed by atoms with Gasteiger partial charge in [0, 0.05) is 13.2 Å². The first-order valence-electron chi connectivity index (χ1n) is 7.34. The van der Waals surface area contributed by atoms with Crippen molar-refractivity contribution in [3.63, 3.8) is 0 Å². The third-order valence-electron chi connectivity index (χ3n) is 3.06. The minimum Gasteiger partial charge on any atom is -0.467 e. The van der Waals surface area contributed by atoms with Crippen LogP contribution in [0.1, 0.15) is 41.0 Å². The molecule has 1 amide bonds. The van der Waals surface area contributed by atoms with Crippen molar-refractivity contribution in [2.24, 2.45) is 5.92 Å². The fraction of sp³-hybridized carbons (Fsp3) is 0.867. The molecule has 0 bridgehead atoms. The number of amides is 1. The molecule has 0 N–H and O–H groups in total. The molecular weight excluding hydrogens is 274 g/mol. The van der Waals surface area contributed by atoms with Crippen molar-refractivity contribution in [2.75, 3.05) is 20.3 Å². The quantitative estimate of drug-likeness (QED) is 0.745. The molecule has 0 saturated carbocycles. The van der Waals surface area contributed by atoms with Crippen molar-refractivity contribution in [3.8, 4) is 0 Å². The van der Waals surface area contributed by atoms with Gasteiger partial charge in [0.2, 0.25) is 0 Å². The zero-order chi connectivity index (χ0) is 16.2. The summed E-state index contributed by atoms with van der Waals surface area (Å²) in [6, 6.07) is -0.733. The average molecular weight is 301 g/mol. The molecule has 0 aromatic heterocycles. The molecule has 1 heterocycles. The second kappa shape index (κ2) is 7.11. The zero-order valence-corrected chi connectivity index (χ0v) is 13.8. The average Bonchev–Trinajstić information content (AvgIpc) is 2.77. The molecule has 21 heavy (non-hydrogen) atoms. The number of carbonyl (C=O) groups is 2. The van der Waals surface area contributed by atoms with Crippen molar-refractivity contribution in [1.29, 1.82) is 0 Å². The molecule has 0 aliphatic carbocycles. The molecule has 0 aromatic rings. The minimum absolute atomic E-state index is 0.340. The second-order valence-corrected chi connectivity index (χ2v) is 6.70. The highest BCUT2D eigenvalue weighted by atomic mass is 16.6. The Bertz CT molecular complexity index is 375. The lowest BCUT2D eigenvalue weighted by atomic mass is 10.1. The van der Waals surface area contributed by atoms with E-state index in [9.17, 15) is 9.59 Å². The van der Waals surface area contributed by atoms with Gasteiger partial charge in [-0.15, -0.1) is 0 Å². The molecule has 0 radical (unpaired) electrons. The van der Waals surface area contributed by atoms with Gasteiger partial charge in [0.25, 0.3) is 0 Å². The number of rotatable bonds is 4. The van der Waals surface area contributed by atoms with Crippen LogP contribution < -0.4 is 0 Å². The zero-order valence-electron chi connectivity index (χ0n) is 13.8. The van der Waals surface area contributed by atoms with Crippen LogP contribution in [-0.4, -0.2) is 55.0 Å². The molecule has 2 atom stereocenters. The number of hydrogen-bond donors (Lipinski definition) is 0. The summed E-state index contributed by atoms with van der Waals surface area (Å²) in [6.45, 7) is 10.4. The van der Waals surface area contributed by atoms with E-state index < -0.39 is 23.7 Å². The number of methoxy groups -OCH3 is 1. The Hall–Kier alpha value is -1.30. The van der Waals surface area contributed by atoms with E-state index in [0.29, 0.717) is 25.5 Å². The number of likely N-dealkylation sites (tertiary alicyclic amines) is 1. The fourth-order valence-corrected chi connectivity index (χ4v) is 2.18. The monoisotopic (exact) mass is 301 g/mol. The second-order valence-electron chi connectivity index (χ2n) is 6.70. The van der Waals surface area contributed by atoms with E-state index >= 15 is 0 Å². The van der Waals surface area contributed by atoms with Crippen molar-refractivity contribution in [2.45, 2.75) is 58.8 Å². The molecule has 1 aliphatic rings. The highest BCUT2D eigenvalue weighted by Crippen LogP contribution is 2.25. The lowest BCUT2D eigenvalue weighted by Crippen LogP contribution is -2.48. The number of carbonyl (C=O) groups excluding carboxylic acids is 2. The molecule has 1 aliphatic heterocycles. The van der Waals surface area contributed by atoms with Gasteiger partial charge >= 0.3 is 12.1 Å². The fourth-order valence-electron chi connectivity index (χ4n) is 2.18. The van der Waals surface area contributed by atoms with Gasteiger partial charge in [0.15, 0.2) is 6.04 Å². The molecule has 122 valence electrons. The molecule has 0 aromatic carbocycles. The lowest BCUT2D eigenvalue weighted by Gasteiger charge is -2.29. The van der Waals surface area contributed by atoms with E-state index in [-0.39, 0.29) is 6.10 Å². The summed E-state index contributed by atoms with van der Waals surface area (Å²) in [5.74, 6) is -0.106. The maximum absolute atomic E-state index is 12.2. The van der Waals surface area contributed by atoms with Gasteiger partial charge in [0.05, 0.1) is 13.2 Å². The van der Waals surface area contributed by atoms with Crippen molar-refractivity contribution in [1.82, 2.24) is 4.90 Å². The largest absolute Gasteiger partial charge is 0.467 e. The van der Waals surface area contributed by atoms with Gasteiger partial charge in [0.1, 0.15) is 5.60 Å². The molecule has 0 unspecified atom stereocenters. The molecular formula is C15H27NO5. The number of esters is 1. The van der Waals surface area contributed by atoms with Crippen molar-refractivity contribution < 1.29 is 23.8 Å². The van der Waals surface area contributed by atoms with Crippen LogP contribution in [0.2, 0.25) is 0 Å². The van der Waals surface area contributed by atoms with Crippen molar-refractivity contribution >= 4 is 12.1 Å². The Morgan fingerprint density at radius 2 is 1.90 bits per heavy atom. The summed E-state index contributed by atoms with van der Waals surface area (Å²) in [6.07, 6.45) is -0.243. The summed E-state index contributed by atoms with van der Waals surface area (Å²) in [5.41, 5.74) is -0.603. The maximum Gasteiger partial charge on any atom is 0.411 e. The van der Waals surface area contributed by atoms with Gasteiger partial charge in [-0.25, -0.2) is 9.59 Å². The van der Waals surface area contributed by atoms with Crippen LogP contribution in [0, 0.1) is 5.92 Å². The molecule has 1 rings (SSSR count). The van der Waals surface area contributed by atoms with Gasteiger partial charge in [-0.2, -0.15) is 0 Å². The Labute approximate surface area is 126 Å². The molecule has 6 heteroatoms. The van der Waals surface area contributed by atoms with Crippen molar-refractivity contribution in [3.05, 3.63) is 0 Å². The van der Waals surface area contributed by atoms with Crippen LogP contribution in [0.3, 0.4) is 0 Å².